The molecule has 2 rings (SSSR count). The minimum Gasteiger partial charge on any atom is -0.495 e. The van der Waals surface area contributed by atoms with Crippen LogP contribution in [0.5, 0.6) is 5.75 Å². The fourth-order valence-electron chi connectivity index (χ4n) is 3.05. The highest BCUT2D eigenvalue weighted by Gasteiger charge is 2.30. The lowest BCUT2D eigenvalue weighted by Gasteiger charge is -2.27. The fourth-order valence-corrected chi connectivity index (χ4v) is 3.05. The Morgan fingerprint density at radius 3 is 2.25 bits per heavy atom. The molecule has 0 radical (unpaired) electrons. The summed E-state index contributed by atoms with van der Waals surface area (Å²) in [5.41, 5.74) is 0.696. The van der Waals surface area contributed by atoms with Crippen molar-refractivity contribution in [2.75, 3.05) is 19.0 Å². The van der Waals surface area contributed by atoms with Gasteiger partial charge in [0.05, 0.1) is 12.8 Å². The molecular weight excluding hydrogens is 304 g/mol. The number of benzene rings is 1. The predicted octanol–water partition coefficient (Wildman–Crippen LogP) is 3.21. The quantitative estimate of drug-likeness (QED) is 0.840. The maximum absolute atomic E-state index is 12.5. The Hall–Kier alpha value is -2.04. The van der Waals surface area contributed by atoms with E-state index < -0.39 is 0 Å². The van der Waals surface area contributed by atoms with E-state index in [9.17, 15) is 9.59 Å². The van der Waals surface area contributed by atoms with Gasteiger partial charge in [-0.25, -0.2) is 0 Å². The highest BCUT2D eigenvalue weighted by molar-refractivity contribution is 5.94. The number of carbonyl (C=O) groups is 2. The molecule has 5 heteroatoms. The van der Waals surface area contributed by atoms with Gasteiger partial charge in [0.15, 0.2) is 0 Å². The molecule has 1 fully saturated rings. The van der Waals surface area contributed by atoms with Crippen LogP contribution in [0.3, 0.4) is 0 Å². The van der Waals surface area contributed by atoms with Gasteiger partial charge in [-0.05, 0) is 43.7 Å². The first-order valence-electron chi connectivity index (χ1n) is 8.72. The minimum absolute atomic E-state index is 0.0144. The van der Waals surface area contributed by atoms with Crippen molar-refractivity contribution < 1.29 is 14.3 Å². The molecule has 0 aliphatic heterocycles. The van der Waals surface area contributed by atoms with Crippen molar-refractivity contribution in [3.05, 3.63) is 24.3 Å². The second-order valence-corrected chi connectivity index (χ2v) is 6.88. The van der Waals surface area contributed by atoms with Crippen molar-refractivity contribution in [3.8, 4) is 5.75 Å². The number of methoxy groups -OCH3 is 1. The summed E-state index contributed by atoms with van der Waals surface area (Å²) in [5.74, 6) is 1.26. The van der Waals surface area contributed by atoms with Gasteiger partial charge in [0.1, 0.15) is 5.75 Å². The van der Waals surface area contributed by atoms with Crippen LogP contribution in [0, 0.1) is 17.8 Å². The van der Waals surface area contributed by atoms with Gasteiger partial charge in [-0.1, -0.05) is 26.0 Å². The molecule has 24 heavy (non-hydrogen) atoms. The Morgan fingerprint density at radius 2 is 1.67 bits per heavy atom. The molecule has 1 aliphatic carbocycles. The standard InChI is InChI=1S/C19H28N2O3/c1-13(2)12-20-18(22)14-8-10-15(11-9-14)19(23)21-16-6-4-5-7-17(16)24-3/h4-7,13-15H,8-12H2,1-3H3,(H,20,22)(H,21,23). The maximum Gasteiger partial charge on any atom is 0.227 e. The first-order chi connectivity index (χ1) is 11.5. The number of nitrogens with one attached hydrogen (secondary N) is 2. The Kier molecular flexibility index (Phi) is 6.64. The maximum atomic E-state index is 12.5. The van der Waals surface area contributed by atoms with Gasteiger partial charge in [-0.2, -0.15) is 0 Å². The van der Waals surface area contributed by atoms with Gasteiger partial charge in [0, 0.05) is 18.4 Å². The normalized spacial score (nSPS) is 20.5. The molecule has 0 heterocycles. The average molecular weight is 332 g/mol. The van der Waals surface area contributed by atoms with Crippen LogP contribution in [-0.2, 0) is 9.59 Å². The third-order valence-corrected chi connectivity index (χ3v) is 4.52. The monoisotopic (exact) mass is 332 g/mol. The van der Waals surface area contributed by atoms with E-state index in [0.29, 0.717) is 23.9 Å². The van der Waals surface area contributed by atoms with Crippen molar-refractivity contribution in [3.63, 3.8) is 0 Å². The zero-order valence-corrected chi connectivity index (χ0v) is 14.8. The summed E-state index contributed by atoms with van der Waals surface area (Å²) in [5, 5.41) is 5.95. The molecule has 5 nitrogen and oxygen atoms in total. The Labute approximate surface area is 144 Å². The van der Waals surface area contributed by atoms with E-state index >= 15 is 0 Å². The van der Waals surface area contributed by atoms with Crippen molar-refractivity contribution in [1.29, 1.82) is 0 Å². The minimum atomic E-state index is -0.0379. The summed E-state index contributed by atoms with van der Waals surface area (Å²) in [6, 6.07) is 7.40. The highest BCUT2D eigenvalue weighted by Crippen LogP contribution is 2.31. The lowest BCUT2D eigenvalue weighted by atomic mass is 9.81. The van der Waals surface area contributed by atoms with Crippen LogP contribution in [0.25, 0.3) is 0 Å². The van der Waals surface area contributed by atoms with Crippen LogP contribution >= 0.6 is 0 Å². The van der Waals surface area contributed by atoms with Crippen molar-refractivity contribution in [1.82, 2.24) is 5.32 Å². The van der Waals surface area contributed by atoms with Gasteiger partial charge < -0.3 is 15.4 Å². The summed E-state index contributed by atoms with van der Waals surface area (Å²) >= 11 is 0. The number of hydrogen-bond acceptors (Lipinski definition) is 3. The van der Waals surface area contributed by atoms with Crippen LogP contribution in [-0.4, -0.2) is 25.5 Å². The molecule has 2 N–H and O–H groups in total. The van der Waals surface area contributed by atoms with E-state index in [0.717, 1.165) is 25.7 Å². The van der Waals surface area contributed by atoms with Gasteiger partial charge in [-0.3, -0.25) is 9.59 Å². The second kappa shape index (κ2) is 8.71. The lowest BCUT2D eigenvalue weighted by Crippen LogP contribution is -2.37. The third kappa shape index (κ3) is 4.98. The molecule has 0 saturated heterocycles. The lowest BCUT2D eigenvalue weighted by molar-refractivity contribution is -0.128. The molecule has 132 valence electrons. The molecule has 0 aromatic heterocycles. The van der Waals surface area contributed by atoms with Crippen LogP contribution in [0.2, 0.25) is 0 Å². The van der Waals surface area contributed by atoms with E-state index in [1.54, 1.807) is 7.11 Å². The molecule has 0 spiro atoms. The van der Waals surface area contributed by atoms with E-state index in [1.807, 2.05) is 24.3 Å². The number of hydrogen-bond donors (Lipinski definition) is 2. The number of carbonyl (C=O) groups excluding carboxylic acids is 2. The molecule has 1 aromatic carbocycles. The molecule has 1 aromatic rings. The van der Waals surface area contributed by atoms with Crippen LogP contribution < -0.4 is 15.4 Å². The van der Waals surface area contributed by atoms with Crippen molar-refractivity contribution in [2.45, 2.75) is 39.5 Å². The number of anilines is 1. The zero-order chi connectivity index (χ0) is 17.5. The first kappa shape index (κ1) is 18.3. The molecule has 0 unspecified atom stereocenters. The Morgan fingerprint density at radius 1 is 1.08 bits per heavy atom. The van der Waals surface area contributed by atoms with Gasteiger partial charge in [0.25, 0.3) is 0 Å². The van der Waals surface area contributed by atoms with Gasteiger partial charge in [0.2, 0.25) is 11.8 Å². The summed E-state index contributed by atoms with van der Waals surface area (Å²) in [7, 11) is 1.59. The molecular formula is C19H28N2O3. The Balaban J connectivity index is 1.83. The zero-order valence-electron chi connectivity index (χ0n) is 14.8. The van der Waals surface area contributed by atoms with Crippen molar-refractivity contribution in [2.24, 2.45) is 17.8 Å². The van der Waals surface area contributed by atoms with E-state index in [-0.39, 0.29) is 23.7 Å². The number of amides is 2. The molecule has 1 aliphatic rings. The summed E-state index contributed by atoms with van der Waals surface area (Å²) < 4.78 is 5.26. The number of rotatable bonds is 6. The Bertz CT molecular complexity index is 563. The highest BCUT2D eigenvalue weighted by atomic mass is 16.5. The smallest absolute Gasteiger partial charge is 0.227 e. The molecule has 0 bridgehead atoms. The van der Waals surface area contributed by atoms with E-state index in [4.69, 9.17) is 4.74 Å². The van der Waals surface area contributed by atoms with Crippen LogP contribution in [0.4, 0.5) is 5.69 Å². The van der Waals surface area contributed by atoms with Gasteiger partial charge in [-0.15, -0.1) is 0 Å². The molecule has 2 amide bonds. The summed E-state index contributed by atoms with van der Waals surface area (Å²) in [6.45, 7) is 4.88. The molecule has 1 saturated carbocycles. The van der Waals surface area contributed by atoms with Gasteiger partial charge >= 0.3 is 0 Å². The fraction of sp³-hybridized carbons (Fsp3) is 0.579. The van der Waals surface area contributed by atoms with E-state index in [2.05, 4.69) is 24.5 Å². The summed E-state index contributed by atoms with van der Waals surface area (Å²) in [4.78, 5) is 24.6. The van der Waals surface area contributed by atoms with Crippen molar-refractivity contribution >= 4 is 17.5 Å². The second-order valence-electron chi connectivity index (χ2n) is 6.88. The number of ether oxygens (including phenoxy) is 1. The first-order valence-corrected chi connectivity index (χ1v) is 8.72. The average Bonchev–Trinajstić information content (AvgIpc) is 2.60. The SMILES string of the molecule is COc1ccccc1NC(=O)C1CCC(C(=O)NCC(C)C)CC1. The summed E-state index contributed by atoms with van der Waals surface area (Å²) in [6.07, 6.45) is 3.05. The number of para-hydroxylation sites is 2. The predicted molar refractivity (Wildman–Crippen MR) is 94.9 cm³/mol. The topological polar surface area (TPSA) is 67.4 Å². The largest absolute Gasteiger partial charge is 0.495 e. The third-order valence-electron chi connectivity index (χ3n) is 4.52. The van der Waals surface area contributed by atoms with Crippen LogP contribution in [0.1, 0.15) is 39.5 Å². The van der Waals surface area contributed by atoms with Crippen LogP contribution in [0.15, 0.2) is 24.3 Å². The molecule has 0 atom stereocenters. The van der Waals surface area contributed by atoms with E-state index in [1.165, 1.54) is 0 Å².